The Morgan fingerprint density at radius 2 is 1.80 bits per heavy atom. The fraction of sp³-hybridized carbons (Fsp3) is 0.467. The first-order valence-corrected chi connectivity index (χ1v) is 7.02. The van der Waals surface area contributed by atoms with Crippen LogP contribution in [0.3, 0.4) is 0 Å². The topological polar surface area (TPSA) is 78.4 Å². The van der Waals surface area contributed by atoms with E-state index in [-0.39, 0.29) is 12.5 Å². The lowest BCUT2D eigenvalue weighted by atomic mass is 10.1. The molecule has 0 aliphatic heterocycles. The number of rotatable bonds is 5. The number of carbonyl (C=O) groups excluding carboxylic acids is 1. The van der Waals surface area contributed by atoms with Gasteiger partial charge in [0.05, 0.1) is 0 Å². The monoisotopic (exact) mass is 276 g/mol. The molecule has 1 aromatic rings. The van der Waals surface area contributed by atoms with Crippen molar-refractivity contribution in [3.63, 3.8) is 0 Å². The van der Waals surface area contributed by atoms with Crippen molar-refractivity contribution in [1.82, 2.24) is 5.32 Å². The van der Waals surface area contributed by atoms with Crippen LogP contribution in [0.1, 0.15) is 37.7 Å². The Hall–Kier alpha value is -2.04. The molecule has 2 amide bonds. The minimum atomic E-state index is -0.803. The molecule has 2 rings (SSSR count). The standard InChI is InChI=1S/C15H20N2O3/c18-14(19)10-7-11-5-8-13(9-6-11)17-15(20)16-12-3-1-2-4-12/h5-6,8-9,12H,1-4,7,10H2,(H,18,19)(H2,16,17,20). The minimum Gasteiger partial charge on any atom is -0.481 e. The molecule has 5 nitrogen and oxygen atoms in total. The summed E-state index contributed by atoms with van der Waals surface area (Å²) < 4.78 is 0. The van der Waals surface area contributed by atoms with Gasteiger partial charge in [-0.15, -0.1) is 0 Å². The molecule has 1 aromatic carbocycles. The first-order valence-electron chi connectivity index (χ1n) is 7.02. The van der Waals surface area contributed by atoms with Gasteiger partial charge >= 0.3 is 12.0 Å². The van der Waals surface area contributed by atoms with Gasteiger partial charge in [0.2, 0.25) is 0 Å². The van der Waals surface area contributed by atoms with Gasteiger partial charge in [0.1, 0.15) is 0 Å². The van der Waals surface area contributed by atoms with E-state index in [9.17, 15) is 9.59 Å². The molecule has 0 heterocycles. The average Bonchev–Trinajstić information content (AvgIpc) is 2.90. The van der Waals surface area contributed by atoms with E-state index in [1.54, 1.807) is 12.1 Å². The Kier molecular flexibility index (Phi) is 4.98. The zero-order chi connectivity index (χ0) is 14.4. The number of carboxylic acids is 1. The molecule has 108 valence electrons. The summed E-state index contributed by atoms with van der Waals surface area (Å²) in [6.07, 6.45) is 5.11. The summed E-state index contributed by atoms with van der Waals surface area (Å²) in [5.41, 5.74) is 1.67. The Morgan fingerprint density at radius 1 is 1.15 bits per heavy atom. The van der Waals surface area contributed by atoms with Crippen molar-refractivity contribution in [3.05, 3.63) is 29.8 Å². The van der Waals surface area contributed by atoms with Crippen molar-refractivity contribution in [2.75, 3.05) is 5.32 Å². The van der Waals surface area contributed by atoms with Crippen LogP contribution in [0.2, 0.25) is 0 Å². The van der Waals surface area contributed by atoms with Gasteiger partial charge in [-0.1, -0.05) is 25.0 Å². The average molecular weight is 276 g/mol. The molecule has 0 atom stereocenters. The van der Waals surface area contributed by atoms with Crippen molar-refractivity contribution in [3.8, 4) is 0 Å². The van der Waals surface area contributed by atoms with Gasteiger partial charge in [-0.05, 0) is 37.0 Å². The summed E-state index contributed by atoms with van der Waals surface area (Å²) in [5, 5.41) is 14.4. The zero-order valence-electron chi connectivity index (χ0n) is 11.4. The molecular weight excluding hydrogens is 256 g/mol. The number of anilines is 1. The van der Waals surface area contributed by atoms with Crippen LogP contribution in [0.25, 0.3) is 0 Å². The molecule has 0 spiro atoms. The highest BCUT2D eigenvalue weighted by Gasteiger charge is 2.16. The highest BCUT2D eigenvalue weighted by atomic mass is 16.4. The normalized spacial score (nSPS) is 15.0. The molecule has 1 saturated carbocycles. The Balaban J connectivity index is 1.80. The zero-order valence-corrected chi connectivity index (χ0v) is 11.4. The summed E-state index contributed by atoms with van der Waals surface area (Å²) >= 11 is 0. The maximum absolute atomic E-state index is 11.8. The van der Waals surface area contributed by atoms with Crippen LogP contribution in [-0.4, -0.2) is 23.1 Å². The SMILES string of the molecule is O=C(O)CCc1ccc(NC(=O)NC2CCCC2)cc1. The second kappa shape index (κ2) is 6.93. The lowest BCUT2D eigenvalue weighted by molar-refractivity contribution is -0.136. The number of amides is 2. The Morgan fingerprint density at radius 3 is 2.40 bits per heavy atom. The molecule has 0 unspecified atom stereocenters. The summed E-state index contributed by atoms with van der Waals surface area (Å²) in [5.74, 6) is -0.803. The van der Waals surface area contributed by atoms with Crippen molar-refractivity contribution in [2.45, 2.75) is 44.6 Å². The van der Waals surface area contributed by atoms with E-state index in [1.807, 2.05) is 12.1 Å². The van der Waals surface area contributed by atoms with Gasteiger partial charge < -0.3 is 15.7 Å². The molecule has 3 N–H and O–H groups in total. The number of hydrogen-bond donors (Lipinski definition) is 3. The van der Waals surface area contributed by atoms with E-state index in [1.165, 1.54) is 12.8 Å². The number of benzene rings is 1. The third kappa shape index (κ3) is 4.57. The number of carboxylic acid groups (broad SMARTS) is 1. The maximum Gasteiger partial charge on any atom is 0.319 e. The van der Waals surface area contributed by atoms with E-state index in [4.69, 9.17) is 5.11 Å². The number of carbonyl (C=O) groups is 2. The van der Waals surface area contributed by atoms with E-state index >= 15 is 0 Å². The molecule has 1 aliphatic rings. The van der Waals surface area contributed by atoms with Crippen LogP contribution in [0, 0.1) is 0 Å². The van der Waals surface area contributed by atoms with E-state index in [2.05, 4.69) is 10.6 Å². The first-order chi connectivity index (χ1) is 9.63. The van der Waals surface area contributed by atoms with Crippen LogP contribution >= 0.6 is 0 Å². The molecule has 0 bridgehead atoms. The van der Waals surface area contributed by atoms with Crippen LogP contribution in [0.5, 0.6) is 0 Å². The van der Waals surface area contributed by atoms with E-state index < -0.39 is 5.97 Å². The van der Waals surface area contributed by atoms with Crippen molar-refractivity contribution in [1.29, 1.82) is 0 Å². The number of hydrogen-bond acceptors (Lipinski definition) is 2. The van der Waals surface area contributed by atoms with Gasteiger partial charge in [0, 0.05) is 18.2 Å². The summed E-state index contributed by atoms with van der Waals surface area (Å²) in [6.45, 7) is 0. The highest BCUT2D eigenvalue weighted by Crippen LogP contribution is 2.18. The van der Waals surface area contributed by atoms with Crippen LogP contribution in [-0.2, 0) is 11.2 Å². The van der Waals surface area contributed by atoms with Crippen molar-refractivity contribution in [2.24, 2.45) is 0 Å². The molecule has 5 heteroatoms. The minimum absolute atomic E-state index is 0.120. The number of urea groups is 1. The number of nitrogens with one attached hydrogen (secondary N) is 2. The van der Waals surface area contributed by atoms with E-state index in [0.29, 0.717) is 12.5 Å². The summed E-state index contributed by atoms with van der Waals surface area (Å²) in [6, 6.07) is 7.40. The van der Waals surface area contributed by atoms with Crippen LogP contribution < -0.4 is 10.6 Å². The molecule has 1 fully saturated rings. The highest BCUT2D eigenvalue weighted by molar-refractivity contribution is 5.89. The Labute approximate surface area is 118 Å². The number of aliphatic carboxylic acids is 1. The predicted molar refractivity (Wildman–Crippen MR) is 76.8 cm³/mol. The lowest BCUT2D eigenvalue weighted by Crippen LogP contribution is -2.36. The first kappa shape index (κ1) is 14.4. The second-order valence-corrected chi connectivity index (χ2v) is 5.17. The molecular formula is C15H20N2O3. The maximum atomic E-state index is 11.8. The van der Waals surface area contributed by atoms with Gasteiger partial charge in [-0.3, -0.25) is 4.79 Å². The molecule has 0 aromatic heterocycles. The number of aryl methyl sites for hydroxylation is 1. The summed E-state index contributed by atoms with van der Waals surface area (Å²) in [7, 11) is 0. The van der Waals surface area contributed by atoms with Crippen LogP contribution in [0.15, 0.2) is 24.3 Å². The third-order valence-corrected chi connectivity index (χ3v) is 3.53. The van der Waals surface area contributed by atoms with Gasteiger partial charge in [0.25, 0.3) is 0 Å². The molecule has 20 heavy (non-hydrogen) atoms. The lowest BCUT2D eigenvalue weighted by Gasteiger charge is -2.13. The fourth-order valence-electron chi connectivity index (χ4n) is 2.43. The predicted octanol–water partition coefficient (Wildman–Crippen LogP) is 2.77. The van der Waals surface area contributed by atoms with Gasteiger partial charge in [0.15, 0.2) is 0 Å². The molecule has 0 radical (unpaired) electrons. The summed E-state index contributed by atoms with van der Waals surface area (Å²) in [4.78, 5) is 22.3. The van der Waals surface area contributed by atoms with E-state index in [0.717, 1.165) is 24.1 Å². The van der Waals surface area contributed by atoms with Gasteiger partial charge in [-0.25, -0.2) is 4.79 Å². The van der Waals surface area contributed by atoms with Crippen molar-refractivity contribution >= 4 is 17.7 Å². The molecule has 1 aliphatic carbocycles. The quantitative estimate of drug-likeness (QED) is 0.773. The largest absolute Gasteiger partial charge is 0.481 e. The second-order valence-electron chi connectivity index (χ2n) is 5.17. The van der Waals surface area contributed by atoms with Crippen molar-refractivity contribution < 1.29 is 14.7 Å². The smallest absolute Gasteiger partial charge is 0.319 e. The Bertz CT molecular complexity index is 465. The fourth-order valence-corrected chi connectivity index (χ4v) is 2.43. The third-order valence-electron chi connectivity index (χ3n) is 3.53. The van der Waals surface area contributed by atoms with Gasteiger partial charge in [-0.2, -0.15) is 0 Å². The molecule has 0 saturated heterocycles. The van der Waals surface area contributed by atoms with Crippen LogP contribution in [0.4, 0.5) is 10.5 Å².